The summed E-state index contributed by atoms with van der Waals surface area (Å²) in [5, 5.41) is 2.51. The van der Waals surface area contributed by atoms with Crippen LogP contribution in [0.3, 0.4) is 0 Å². The van der Waals surface area contributed by atoms with Crippen LogP contribution >= 0.6 is 0 Å². The van der Waals surface area contributed by atoms with E-state index in [-0.39, 0.29) is 18.5 Å². The van der Waals surface area contributed by atoms with Crippen molar-refractivity contribution in [2.24, 2.45) is 5.92 Å². The minimum Gasteiger partial charge on any atom is -0.378 e. The van der Waals surface area contributed by atoms with E-state index in [1.165, 1.54) is 0 Å². The summed E-state index contributed by atoms with van der Waals surface area (Å²) in [7, 11) is 0. The Balaban J connectivity index is 2.14. The van der Waals surface area contributed by atoms with Crippen molar-refractivity contribution in [3.63, 3.8) is 0 Å². The molecular formula is C14H19F4N3. The Hall–Kier alpha value is -1.37. The quantitative estimate of drug-likeness (QED) is 0.669. The zero-order chi connectivity index (χ0) is 15.6. The molecule has 1 N–H and O–H groups in total. The van der Waals surface area contributed by atoms with Gasteiger partial charge in [-0.05, 0) is 31.8 Å². The Morgan fingerprint density at radius 2 is 1.57 bits per heavy atom. The molecule has 0 radical (unpaired) electrons. The number of rotatable bonds is 5. The van der Waals surface area contributed by atoms with E-state index in [2.05, 4.69) is 15.2 Å². The topological polar surface area (TPSA) is 28.2 Å². The molecular weight excluding hydrogens is 286 g/mol. The maximum absolute atomic E-state index is 13.6. The third-order valence-electron chi connectivity index (χ3n) is 3.86. The first kappa shape index (κ1) is 16.0. The SMILES string of the molecule is CC(C)C(CNc1c(F)c(F)nc(F)c1F)N1CCCC1. The highest BCUT2D eigenvalue weighted by Crippen LogP contribution is 2.24. The maximum Gasteiger partial charge on any atom is 0.253 e. The number of anilines is 1. The molecule has 21 heavy (non-hydrogen) atoms. The number of nitrogens with zero attached hydrogens (tertiary/aromatic N) is 2. The van der Waals surface area contributed by atoms with Crippen LogP contribution in [0.15, 0.2) is 0 Å². The van der Waals surface area contributed by atoms with Gasteiger partial charge >= 0.3 is 0 Å². The van der Waals surface area contributed by atoms with Crippen LogP contribution < -0.4 is 5.32 Å². The summed E-state index contributed by atoms with van der Waals surface area (Å²) < 4.78 is 53.2. The number of pyridine rings is 1. The average molecular weight is 305 g/mol. The number of hydrogen-bond donors (Lipinski definition) is 1. The Morgan fingerprint density at radius 3 is 2.05 bits per heavy atom. The van der Waals surface area contributed by atoms with Crippen LogP contribution in [0.5, 0.6) is 0 Å². The van der Waals surface area contributed by atoms with Gasteiger partial charge in [-0.1, -0.05) is 13.8 Å². The van der Waals surface area contributed by atoms with Gasteiger partial charge in [-0.25, -0.2) is 0 Å². The van der Waals surface area contributed by atoms with Crippen LogP contribution in [0.1, 0.15) is 26.7 Å². The first-order chi connectivity index (χ1) is 9.91. The molecule has 0 aromatic carbocycles. The fraction of sp³-hybridized carbons (Fsp3) is 0.643. The molecule has 1 unspecified atom stereocenters. The van der Waals surface area contributed by atoms with Crippen LogP contribution in [0.2, 0.25) is 0 Å². The highest BCUT2D eigenvalue weighted by atomic mass is 19.2. The van der Waals surface area contributed by atoms with Crippen LogP contribution in [-0.4, -0.2) is 35.6 Å². The van der Waals surface area contributed by atoms with Gasteiger partial charge in [-0.15, -0.1) is 0 Å². The largest absolute Gasteiger partial charge is 0.378 e. The first-order valence-electron chi connectivity index (χ1n) is 7.09. The fourth-order valence-corrected chi connectivity index (χ4v) is 2.71. The van der Waals surface area contributed by atoms with Crippen molar-refractivity contribution >= 4 is 5.69 Å². The molecule has 2 heterocycles. The van der Waals surface area contributed by atoms with Crippen LogP contribution in [-0.2, 0) is 0 Å². The molecule has 1 saturated heterocycles. The molecule has 0 bridgehead atoms. The van der Waals surface area contributed by atoms with E-state index in [1.807, 2.05) is 13.8 Å². The number of halogens is 4. The third kappa shape index (κ3) is 3.45. The first-order valence-corrected chi connectivity index (χ1v) is 7.09. The lowest BCUT2D eigenvalue weighted by molar-refractivity contribution is 0.201. The number of hydrogen-bond acceptors (Lipinski definition) is 3. The molecule has 1 fully saturated rings. The third-order valence-corrected chi connectivity index (χ3v) is 3.86. The highest BCUT2D eigenvalue weighted by molar-refractivity contribution is 5.45. The molecule has 1 aliphatic heterocycles. The van der Waals surface area contributed by atoms with Gasteiger partial charge in [0.05, 0.1) is 0 Å². The van der Waals surface area contributed by atoms with Crippen molar-refractivity contribution in [1.29, 1.82) is 0 Å². The number of nitrogens with one attached hydrogen (secondary N) is 1. The van der Waals surface area contributed by atoms with Gasteiger partial charge < -0.3 is 5.32 Å². The zero-order valence-corrected chi connectivity index (χ0v) is 12.1. The van der Waals surface area contributed by atoms with E-state index in [9.17, 15) is 17.6 Å². The van der Waals surface area contributed by atoms with Crippen molar-refractivity contribution in [3.8, 4) is 0 Å². The second-order valence-corrected chi connectivity index (χ2v) is 5.63. The van der Waals surface area contributed by atoms with Gasteiger partial charge in [0.25, 0.3) is 11.9 Å². The molecule has 1 atom stereocenters. The fourth-order valence-electron chi connectivity index (χ4n) is 2.71. The van der Waals surface area contributed by atoms with Crippen molar-refractivity contribution in [2.75, 3.05) is 25.0 Å². The molecule has 1 aromatic heterocycles. The van der Waals surface area contributed by atoms with Gasteiger partial charge in [0.2, 0.25) is 11.6 Å². The molecule has 0 aliphatic carbocycles. The second kappa shape index (κ2) is 6.60. The summed E-state index contributed by atoms with van der Waals surface area (Å²) in [5.74, 6) is -6.01. The predicted octanol–water partition coefficient (Wildman–Crippen LogP) is 3.17. The van der Waals surface area contributed by atoms with Crippen LogP contribution in [0.4, 0.5) is 23.2 Å². The number of aromatic nitrogens is 1. The standard InChI is InChI=1S/C14H19F4N3/c1-8(2)9(21-5-3-4-6-21)7-19-12-10(15)13(17)20-14(18)11(12)16/h8-9H,3-7H2,1-2H3,(H,19,20). The van der Waals surface area contributed by atoms with Crippen molar-refractivity contribution in [1.82, 2.24) is 9.88 Å². The average Bonchev–Trinajstić information content (AvgIpc) is 2.94. The lowest BCUT2D eigenvalue weighted by atomic mass is 10.0. The van der Waals surface area contributed by atoms with E-state index in [4.69, 9.17) is 0 Å². The molecule has 118 valence electrons. The Labute approximate surface area is 121 Å². The van der Waals surface area contributed by atoms with E-state index in [1.54, 1.807) is 0 Å². The highest BCUT2D eigenvalue weighted by Gasteiger charge is 2.26. The van der Waals surface area contributed by atoms with Crippen LogP contribution in [0, 0.1) is 29.4 Å². The Bertz CT molecular complexity index is 475. The molecule has 0 spiro atoms. The monoisotopic (exact) mass is 305 g/mol. The minimum atomic E-state index is -1.64. The second-order valence-electron chi connectivity index (χ2n) is 5.63. The summed E-state index contributed by atoms with van der Waals surface area (Å²) >= 11 is 0. The van der Waals surface area contributed by atoms with Crippen molar-refractivity contribution in [2.45, 2.75) is 32.7 Å². The van der Waals surface area contributed by atoms with E-state index in [0.717, 1.165) is 25.9 Å². The van der Waals surface area contributed by atoms with Gasteiger partial charge in [0, 0.05) is 12.6 Å². The minimum absolute atomic E-state index is 0.0468. The lowest BCUT2D eigenvalue weighted by Gasteiger charge is -2.31. The molecule has 7 heteroatoms. The molecule has 3 nitrogen and oxygen atoms in total. The summed E-state index contributed by atoms with van der Waals surface area (Å²) in [6.07, 6.45) is 2.18. The van der Waals surface area contributed by atoms with Crippen LogP contribution in [0.25, 0.3) is 0 Å². The Kier molecular flexibility index (Phi) is 5.03. The smallest absolute Gasteiger partial charge is 0.253 e. The molecule has 1 aliphatic rings. The van der Waals surface area contributed by atoms with Crippen molar-refractivity contribution < 1.29 is 17.6 Å². The molecule has 2 rings (SSSR count). The van der Waals surface area contributed by atoms with Gasteiger partial charge in [0.1, 0.15) is 5.69 Å². The Morgan fingerprint density at radius 1 is 1.05 bits per heavy atom. The lowest BCUT2D eigenvalue weighted by Crippen LogP contribution is -2.42. The van der Waals surface area contributed by atoms with Gasteiger partial charge in [-0.3, -0.25) is 4.90 Å². The summed E-state index contributed by atoms with van der Waals surface area (Å²) in [5.41, 5.74) is -0.787. The van der Waals surface area contributed by atoms with E-state index < -0.39 is 29.2 Å². The van der Waals surface area contributed by atoms with Gasteiger partial charge in [0.15, 0.2) is 0 Å². The number of likely N-dealkylation sites (tertiary alicyclic amines) is 1. The van der Waals surface area contributed by atoms with E-state index in [0.29, 0.717) is 0 Å². The molecule has 0 amide bonds. The zero-order valence-electron chi connectivity index (χ0n) is 12.1. The summed E-state index contributed by atoms with van der Waals surface area (Å²) in [6, 6.07) is 0.0468. The van der Waals surface area contributed by atoms with E-state index >= 15 is 0 Å². The summed E-state index contributed by atoms with van der Waals surface area (Å²) in [6.45, 7) is 6.08. The van der Waals surface area contributed by atoms with Gasteiger partial charge in [-0.2, -0.15) is 22.5 Å². The maximum atomic E-state index is 13.6. The normalized spacial score (nSPS) is 17.5. The van der Waals surface area contributed by atoms with Crippen molar-refractivity contribution in [3.05, 3.63) is 23.5 Å². The molecule has 0 saturated carbocycles. The summed E-state index contributed by atoms with van der Waals surface area (Å²) in [4.78, 5) is 4.76. The predicted molar refractivity (Wildman–Crippen MR) is 72.0 cm³/mol. The molecule has 1 aromatic rings.